The topological polar surface area (TPSA) is 9.23 Å². The fraction of sp³-hybridized carbons (Fsp3) is 0.0588. The summed E-state index contributed by atoms with van der Waals surface area (Å²) in [5.41, 5.74) is 1.22. The number of benzene rings is 3. The van der Waals surface area contributed by atoms with Crippen molar-refractivity contribution in [2.45, 2.75) is 6.61 Å². The van der Waals surface area contributed by atoms with Gasteiger partial charge in [-0.1, -0.05) is 60.7 Å². The van der Waals surface area contributed by atoms with Crippen molar-refractivity contribution >= 4 is 10.8 Å². The number of hydrogen-bond acceptors (Lipinski definition) is 1. The van der Waals surface area contributed by atoms with E-state index in [0.29, 0.717) is 6.61 Å². The van der Waals surface area contributed by atoms with Gasteiger partial charge in [0, 0.05) is 0 Å². The molecule has 0 aromatic heterocycles. The van der Waals surface area contributed by atoms with E-state index in [0.717, 1.165) is 5.75 Å². The summed E-state index contributed by atoms with van der Waals surface area (Å²) in [6, 6.07) is 24.6. The van der Waals surface area contributed by atoms with E-state index in [9.17, 15) is 0 Å². The van der Waals surface area contributed by atoms with Crippen LogP contribution in [0.2, 0.25) is 0 Å². The number of rotatable bonds is 3. The van der Waals surface area contributed by atoms with Crippen LogP contribution in [0.5, 0.6) is 5.75 Å². The third-order valence-electron chi connectivity index (χ3n) is 3.02. The van der Waals surface area contributed by atoms with Crippen LogP contribution in [-0.4, -0.2) is 0 Å². The zero-order chi connectivity index (χ0) is 12.2. The molecular weight excluding hydrogens is 220 g/mol. The third kappa shape index (κ3) is 2.21. The Hall–Kier alpha value is -2.28. The summed E-state index contributed by atoms with van der Waals surface area (Å²) in [5.74, 6) is 0.908. The van der Waals surface area contributed by atoms with E-state index >= 15 is 0 Å². The lowest BCUT2D eigenvalue weighted by Crippen LogP contribution is -1.95. The van der Waals surface area contributed by atoms with Gasteiger partial charge in [-0.3, -0.25) is 0 Å². The molecule has 0 fully saturated rings. The van der Waals surface area contributed by atoms with Gasteiger partial charge in [-0.2, -0.15) is 0 Å². The molecule has 88 valence electrons. The van der Waals surface area contributed by atoms with E-state index in [1.807, 2.05) is 30.3 Å². The maximum absolute atomic E-state index is 5.80. The second-order valence-corrected chi connectivity index (χ2v) is 4.24. The van der Waals surface area contributed by atoms with Crippen LogP contribution in [0.25, 0.3) is 10.8 Å². The van der Waals surface area contributed by atoms with Gasteiger partial charge in [-0.15, -0.1) is 0 Å². The molecule has 0 unspecified atom stereocenters. The number of para-hydroxylation sites is 1. The zero-order valence-electron chi connectivity index (χ0n) is 10.0. The molecule has 0 heterocycles. The van der Waals surface area contributed by atoms with Crippen LogP contribution < -0.4 is 4.74 Å². The number of ether oxygens (including phenoxy) is 1. The second kappa shape index (κ2) is 4.92. The SMILES string of the molecule is c1ccc(OCc2cccc3ccccc23)cc1. The van der Waals surface area contributed by atoms with E-state index in [1.165, 1.54) is 16.3 Å². The van der Waals surface area contributed by atoms with Gasteiger partial charge in [0.05, 0.1) is 0 Å². The summed E-state index contributed by atoms with van der Waals surface area (Å²) >= 11 is 0. The maximum atomic E-state index is 5.80. The summed E-state index contributed by atoms with van der Waals surface area (Å²) in [5, 5.41) is 2.52. The molecule has 0 saturated heterocycles. The Bertz CT molecular complexity index is 639. The van der Waals surface area contributed by atoms with Crippen molar-refractivity contribution in [2.24, 2.45) is 0 Å². The van der Waals surface area contributed by atoms with Crippen LogP contribution in [-0.2, 0) is 6.61 Å². The lowest BCUT2D eigenvalue weighted by Gasteiger charge is -2.08. The molecule has 18 heavy (non-hydrogen) atoms. The number of fused-ring (bicyclic) bond motifs is 1. The highest BCUT2D eigenvalue weighted by Gasteiger charge is 2.00. The molecule has 1 heteroatoms. The van der Waals surface area contributed by atoms with E-state index < -0.39 is 0 Å². The van der Waals surface area contributed by atoms with Crippen molar-refractivity contribution in [3.63, 3.8) is 0 Å². The van der Waals surface area contributed by atoms with Gasteiger partial charge in [0.1, 0.15) is 12.4 Å². The minimum absolute atomic E-state index is 0.603. The Labute approximate surface area is 107 Å². The fourth-order valence-electron chi connectivity index (χ4n) is 2.10. The second-order valence-electron chi connectivity index (χ2n) is 4.24. The van der Waals surface area contributed by atoms with Crippen LogP contribution >= 0.6 is 0 Å². The van der Waals surface area contributed by atoms with Crippen molar-refractivity contribution in [2.75, 3.05) is 0 Å². The largest absolute Gasteiger partial charge is 0.489 e. The first-order valence-electron chi connectivity index (χ1n) is 6.08. The molecule has 1 nitrogen and oxygen atoms in total. The highest BCUT2D eigenvalue weighted by molar-refractivity contribution is 5.85. The van der Waals surface area contributed by atoms with Gasteiger partial charge in [0.2, 0.25) is 0 Å². The fourth-order valence-corrected chi connectivity index (χ4v) is 2.10. The van der Waals surface area contributed by atoms with Crippen molar-refractivity contribution in [1.82, 2.24) is 0 Å². The molecule has 0 N–H and O–H groups in total. The molecule has 0 bridgehead atoms. The van der Waals surface area contributed by atoms with Gasteiger partial charge in [-0.05, 0) is 28.5 Å². The first-order valence-corrected chi connectivity index (χ1v) is 6.08. The standard InChI is InChI=1S/C17H14O/c1-2-10-16(11-3-1)18-13-15-9-6-8-14-7-4-5-12-17(14)15/h1-12H,13H2. The van der Waals surface area contributed by atoms with Crippen LogP contribution in [0.15, 0.2) is 72.8 Å². The average molecular weight is 234 g/mol. The molecule has 0 aliphatic heterocycles. The molecule has 3 aromatic rings. The van der Waals surface area contributed by atoms with E-state index in [-0.39, 0.29) is 0 Å². The minimum atomic E-state index is 0.603. The van der Waals surface area contributed by atoms with Crippen molar-refractivity contribution in [3.05, 3.63) is 78.4 Å². The summed E-state index contributed by atoms with van der Waals surface area (Å²) in [4.78, 5) is 0. The smallest absolute Gasteiger partial charge is 0.119 e. The summed E-state index contributed by atoms with van der Waals surface area (Å²) in [7, 11) is 0. The highest BCUT2D eigenvalue weighted by Crippen LogP contribution is 2.20. The van der Waals surface area contributed by atoms with Gasteiger partial charge in [0.25, 0.3) is 0 Å². The van der Waals surface area contributed by atoms with E-state index in [4.69, 9.17) is 4.74 Å². The normalized spacial score (nSPS) is 10.4. The lowest BCUT2D eigenvalue weighted by atomic mass is 10.1. The van der Waals surface area contributed by atoms with Crippen molar-refractivity contribution in [3.8, 4) is 5.75 Å². The van der Waals surface area contributed by atoms with Gasteiger partial charge in [0.15, 0.2) is 0 Å². The predicted octanol–water partition coefficient (Wildman–Crippen LogP) is 4.42. The third-order valence-corrected chi connectivity index (χ3v) is 3.02. The van der Waals surface area contributed by atoms with Gasteiger partial charge in [-0.25, -0.2) is 0 Å². The Morgan fingerprint density at radius 2 is 1.39 bits per heavy atom. The molecule has 3 rings (SSSR count). The monoisotopic (exact) mass is 234 g/mol. The first-order chi connectivity index (χ1) is 8.93. The van der Waals surface area contributed by atoms with Crippen molar-refractivity contribution in [1.29, 1.82) is 0 Å². The van der Waals surface area contributed by atoms with Crippen LogP contribution in [0.3, 0.4) is 0 Å². The maximum Gasteiger partial charge on any atom is 0.119 e. The number of hydrogen-bond donors (Lipinski definition) is 0. The van der Waals surface area contributed by atoms with E-state index in [1.54, 1.807) is 0 Å². The van der Waals surface area contributed by atoms with Gasteiger partial charge >= 0.3 is 0 Å². The molecule has 0 amide bonds. The Kier molecular flexibility index (Phi) is 2.97. The molecule has 0 saturated carbocycles. The molecule has 0 spiro atoms. The molecular formula is C17H14O. The molecule has 0 aliphatic carbocycles. The van der Waals surface area contributed by atoms with Crippen LogP contribution in [0.4, 0.5) is 0 Å². The zero-order valence-corrected chi connectivity index (χ0v) is 10.0. The molecule has 0 aliphatic rings. The van der Waals surface area contributed by atoms with Crippen molar-refractivity contribution < 1.29 is 4.74 Å². The Morgan fingerprint density at radius 1 is 0.667 bits per heavy atom. The van der Waals surface area contributed by atoms with E-state index in [2.05, 4.69) is 42.5 Å². The highest BCUT2D eigenvalue weighted by atomic mass is 16.5. The average Bonchev–Trinajstić information content (AvgIpc) is 2.46. The molecule has 3 aromatic carbocycles. The summed E-state index contributed by atoms with van der Waals surface area (Å²) in [6.45, 7) is 0.603. The quantitative estimate of drug-likeness (QED) is 0.652. The van der Waals surface area contributed by atoms with Crippen LogP contribution in [0.1, 0.15) is 5.56 Å². The van der Waals surface area contributed by atoms with Gasteiger partial charge < -0.3 is 4.74 Å². The molecule has 0 radical (unpaired) electrons. The summed E-state index contributed by atoms with van der Waals surface area (Å²) in [6.07, 6.45) is 0. The Balaban J connectivity index is 1.87. The Morgan fingerprint density at radius 3 is 2.28 bits per heavy atom. The van der Waals surface area contributed by atoms with Crippen LogP contribution in [0, 0.1) is 0 Å². The lowest BCUT2D eigenvalue weighted by molar-refractivity contribution is 0.307. The minimum Gasteiger partial charge on any atom is -0.489 e. The summed E-state index contributed by atoms with van der Waals surface area (Å²) < 4.78 is 5.80. The molecule has 0 atom stereocenters. The predicted molar refractivity (Wildman–Crippen MR) is 74.7 cm³/mol. The first kappa shape index (κ1) is 10.8.